The van der Waals surface area contributed by atoms with Crippen molar-refractivity contribution in [2.45, 2.75) is 13.3 Å². The number of anilines is 1. The summed E-state index contributed by atoms with van der Waals surface area (Å²) in [7, 11) is 0. The standard InChI is InChI=1S/C13H17N5/c1-2-7-16-13(18-14)17-11-5-6-12-10(9-11)4-3-8-15-12/h3-6,8-9H,2,7,14H2,1H3,(H2,16,17,18). The fourth-order valence-electron chi connectivity index (χ4n) is 1.63. The van der Waals surface area contributed by atoms with Gasteiger partial charge in [-0.05, 0) is 30.7 Å². The predicted octanol–water partition coefficient (Wildman–Crippen LogP) is 1.88. The van der Waals surface area contributed by atoms with Gasteiger partial charge >= 0.3 is 0 Å². The van der Waals surface area contributed by atoms with Gasteiger partial charge in [0.15, 0.2) is 0 Å². The Morgan fingerprint density at radius 3 is 3.06 bits per heavy atom. The summed E-state index contributed by atoms with van der Waals surface area (Å²) in [4.78, 5) is 8.56. The maximum Gasteiger partial charge on any atom is 0.210 e. The summed E-state index contributed by atoms with van der Waals surface area (Å²) in [5, 5.41) is 4.22. The molecule has 1 aromatic heterocycles. The maximum absolute atomic E-state index is 5.42. The largest absolute Gasteiger partial charge is 0.325 e. The van der Waals surface area contributed by atoms with Gasteiger partial charge in [0, 0.05) is 23.8 Å². The van der Waals surface area contributed by atoms with Gasteiger partial charge in [-0.15, -0.1) is 0 Å². The number of pyridine rings is 1. The number of nitrogens with two attached hydrogens (primary N) is 1. The molecule has 5 nitrogen and oxygen atoms in total. The van der Waals surface area contributed by atoms with Crippen LogP contribution in [0.4, 0.5) is 5.69 Å². The van der Waals surface area contributed by atoms with E-state index >= 15 is 0 Å². The molecular formula is C13H17N5. The molecule has 0 radical (unpaired) electrons. The molecule has 0 spiro atoms. The molecule has 0 unspecified atom stereocenters. The molecule has 2 aromatic rings. The number of nitrogens with one attached hydrogen (secondary N) is 2. The second kappa shape index (κ2) is 5.97. The lowest BCUT2D eigenvalue weighted by Crippen LogP contribution is -2.36. The number of fused-ring (bicyclic) bond motifs is 1. The van der Waals surface area contributed by atoms with E-state index in [2.05, 4.69) is 27.6 Å². The molecule has 0 aliphatic heterocycles. The Balaban J connectivity index is 2.20. The highest BCUT2D eigenvalue weighted by molar-refractivity contribution is 5.95. The van der Waals surface area contributed by atoms with Crippen molar-refractivity contribution >= 4 is 22.5 Å². The Bertz CT molecular complexity index is 550. The van der Waals surface area contributed by atoms with Crippen molar-refractivity contribution in [3.63, 3.8) is 0 Å². The smallest absolute Gasteiger partial charge is 0.210 e. The Morgan fingerprint density at radius 1 is 1.39 bits per heavy atom. The topological polar surface area (TPSA) is 75.3 Å². The molecule has 5 heteroatoms. The number of hydrogen-bond donors (Lipinski definition) is 3. The van der Waals surface area contributed by atoms with Crippen LogP contribution in [0, 0.1) is 0 Å². The molecule has 0 aliphatic carbocycles. The van der Waals surface area contributed by atoms with Crippen LogP contribution in [0.2, 0.25) is 0 Å². The lowest BCUT2D eigenvalue weighted by molar-refractivity contribution is 0.905. The van der Waals surface area contributed by atoms with Crippen molar-refractivity contribution in [2.24, 2.45) is 10.8 Å². The molecule has 2 rings (SSSR count). The zero-order chi connectivity index (χ0) is 12.8. The van der Waals surface area contributed by atoms with Crippen molar-refractivity contribution < 1.29 is 0 Å². The van der Waals surface area contributed by atoms with E-state index in [-0.39, 0.29) is 0 Å². The molecule has 0 bridgehead atoms. The maximum atomic E-state index is 5.42. The van der Waals surface area contributed by atoms with Gasteiger partial charge in [-0.25, -0.2) is 5.84 Å². The minimum Gasteiger partial charge on any atom is -0.325 e. The van der Waals surface area contributed by atoms with Gasteiger partial charge in [-0.3, -0.25) is 15.4 Å². The quantitative estimate of drug-likeness (QED) is 0.333. The zero-order valence-electron chi connectivity index (χ0n) is 10.4. The highest BCUT2D eigenvalue weighted by Gasteiger charge is 1.99. The van der Waals surface area contributed by atoms with E-state index in [0.29, 0.717) is 5.96 Å². The lowest BCUT2D eigenvalue weighted by atomic mass is 10.2. The first-order valence-electron chi connectivity index (χ1n) is 5.96. The summed E-state index contributed by atoms with van der Waals surface area (Å²) in [6, 6.07) is 9.87. The highest BCUT2D eigenvalue weighted by atomic mass is 15.3. The third-order valence-electron chi connectivity index (χ3n) is 2.50. The summed E-state index contributed by atoms with van der Waals surface area (Å²) >= 11 is 0. The average Bonchev–Trinajstić information content (AvgIpc) is 2.43. The lowest BCUT2D eigenvalue weighted by Gasteiger charge is -2.09. The molecule has 4 N–H and O–H groups in total. The van der Waals surface area contributed by atoms with Crippen molar-refractivity contribution in [1.29, 1.82) is 0 Å². The second-order valence-electron chi connectivity index (χ2n) is 3.91. The Labute approximate surface area is 106 Å². The fraction of sp³-hybridized carbons (Fsp3) is 0.231. The van der Waals surface area contributed by atoms with Crippen molar-refractivity contribution in [3.05, 3.63) is 36.5 Å². The molecule has 0 aliphatic rings. The van der Waals surface area contributed by atoms with E-state index in [1.165, 1.54) is 0 Å². The minimum absolute atomic E-state index is 0.570. The molecule has 0 fully saturated rings. The summed E-state index contributed by atoms with van der Waals surface area (Å²) < 4.78 is 0. The molecule has 18 heavy (non-hydrogen) atoms. The number of rotatable bonds is 3. The number of aromatic nitrogens is 1. The van der Waals surface area contributed by atoms with Gasteiger partial charge < -0.3 is 5.32 Å². The Hall–Kier alpha value is -2.14. The number of aliphatic imine (C=N–C) groups is 1. The number of hydrogen-bond acceptors (Lipinski definition) is 3. The molecular weight excluding hydrogens is 226 g/mol. The van der Waals surface area contributed by atoms with Crippen LogP contribution < -0.4 is 16.6 Å². The van der Waals surface area contributed by atoms with Gasteiger partial charge in [0.05, 0.1) is 5.52 Å². The van der Waals surface area contributed by atoms with Crippen LogP contribution in [-0.2, 0) is 0 Å². The molecule has 0 saturated heterocycles. The number of hydrazine groups is 1. The van der Waals surface area contributed by atoms with Gasteiger partial charge in [-0.2, -0.15) is 0 Å². The van der Waals surface area contributed by atoms with Crippen molar-refractivity contribution in [3.8, 4) is 0 Å². The first-order valence-corrected chi connectivity index (χ1v) is 5.96. The normalized spacial score (nSPS) is 11.6. The zero-order valence-corrected chi connectivity index (χ0v) is 10.4. The van der Waals surface area contributed by atoms with Crippen LogP contribution in [0.3, 0.4) is 0 Å². The van der Waals surface area contributed by atoms with E-state index < -0.39 is 0 Å². The number of nitrogens with zero attached hydrogens (tertiary/aromatic N) is 2. The third-order valence-corrected chi connectivity index (χ3v) is 2.50. The molecule has 0 saturated carbocycles. The minimum atomic E-state index is 0.570. The first kappa shape index (κ1) is 12.3. The van der Waals surface area contributed by atoms with E-state index in [1.807, 2.05) is 30.3 Å². The van der Waals surface area contributed by atoms with Crippen molar-refractivity contribution in [2.75, 3.05) is 11.9 Å². The third kappa shape index (κ3) is 2.95. The summed E-state index contributed by atoms with van der Waals surface area (Å²) in [6.07, 6.45) is 2.76. The van der Waals surface area contributed by atoms with E-state index in [4.69, 9.17) is 5.84 Å². The number of benzene rings is 1. The highest BCUT2D eigenvalue weighted by Crippen LogP contribution is 2.16. The van der Waals surface area contributed by atoms with E-state index in [9.17, 15) is 0 Å². The van der Waals surface area contributed by atoms with Gasteiger partial charge in [0.1, 0.15) is 0 Å². The van der Waals surface area contributed by atoms with Gasteiger partial charge in [0.2, 0.25) is 5.96 Å². The van der Waals surface area contributed by atoms with Crippen LogP contribution in [0.25, 0.3) is 10.9 Å². The summed E-state index contributed by atoms with van der Waals surface area (Å²) in [6.45, 7) is 2.81. The second-order valence-corrected chi connectivity index (χ2v) is 3.91. The van der Waals surface area contributed by atoms with Crippen molar-refractivity contribution in [1.82, 2.24) is 10.4 Å². The van der Waals surface area contributed by atoms with E-state index in [1.54, 1.807) is 6.20 Å². The first-order chi connectivity index (χ1) is 8.83. The molecule has 1 heterocycles. The number of guanidine groups is 1. The van der Waals surface area contributed by atoms with Gasteiger partial charge in [0.25, 0.3) is 0 Å². The average molecular weight is 243 g/mol. The molecule has 1 aromatic carbocycles. The summed E-state index contributed by atoms with van der Waals surface area (Å²) in [5.74, 6) is 5.99. The van der Waals surface area contributed by atoms with E-state index in [0.717, 1.165) is 29.6 Å². The monoisotopic (exact) mass is 243 g/mol. The van der Waals surface area contributed by atoms with Gasteiger partial charge in [-0.1, -0.05) is 13.0 Å². The fourth-order valence-corrected chi connectivity index (χ4v) is 1.63. The Morgan fingerprint density at radius 2 is 2.28 bits per heavy atom. The van der Waals surface area contributed by atoms with Crippen LogP contribution >= 0.6 is 0 Å². The molecule has 0 atom stereocenters. The van der Waals surface area contributed by atoms with Crippen LogP contribution in [0.15, 0.2) is 41.5 Å². The molecule has 94 valence electrons. The summed E-state index contributed by atoms with van der Waals surface area (Å²) in [5.41, 5.74) is 4.46. The van der Waals surface area contributed by atoms with Crippen LogP contribution in [0.5, 0.6) is 0 Å². The van der Waals surface area contributed by atoms with Crippen LogP contribution in [0.1, 0.15) is 13.3 Å². The predicted molar refractivity (Wildman–Crippen MR) is 75.3 cm³/mol. The SMILES string of the molecule is CCCN=C(NN)Nc1ccc2ncccc2c1. The molecule has 0 amide bonds. The van der Waals surface area contributed by atoms with Crippen LogP contribution in [-0.4, -0.2) is 17.5 Å². The Kier molecular flexibility index (Phi) is 4.09.